The molecule has 0 bridgehead atoms. The number of aromatic nitrogens is 3. The number of rotatable bonds is 2. The van der Waals surface area contributed by atoms with Crippen molar-refractivity contribution in [2.24, 2.45) is 0 Å². The molecule has 0 aliphatic carbocycles. The van der Waals surface area contributed by atoms with Gasteiger partial charge in [0.1, 0.15) is 12.7 Å². The van der Waals surface area contributed by atoms with E-state index >= 15 is 0 Å². The van der Waals surface area contributed by atoms with Crippen LogP contribution in [0.15, 0.2) is 61.2 Å². The summed E-state index contributed by atoms with van der Waals surface area (Å²) in [6, 6.07) is 15.1. The molecule has 1 amide bonds. The van der Waals surface area contributed by atoms with Crippen LogP contribution in [0.3, 0.4) is 0 Å². The van der Waals surface area contributed by atoms with Gasteiger partial charge in [-0.05, 0) is 41.8 Å². The molecular formula is C19H18N4O2. The average molecular weight is 334 g/mol. The van der Waals surface area contributed by atoms with Gasteiger partial charge in [-0.25, -0.2) is 0 Å². The number of carbonyl (C=O) groups is 1. The molecule has 0 fully saturated rings. The number of carbonyl (C=O) groups excluding carboxylic acids is 1. The van der Waals surface area contributed by atoms with Gasteiger partial charge in [-0.3, -0.25) is 9.36 Å². The molecule has 2 heterocycles. The molecule has 1 aliphatic heterocycles. The first-order valence-corrected chi connectivity index (χ1v) is 8.22. The van der Waals surface area contributed by atoms with E-state index in [0.717, 1.165) is 16.8 Å². The van der Waals surface area contributed by atoms with Crippen molar-refractivity contribution in [2.75, 3.05) is 6.54 Å². The maximum absolute atomic E-state index is 12.9. The lowest BCUT2D eigenvalue weighted by atomic mass is 10.0. The Hall–Kier alpha value is -2.99. The molecule has 0 saturated carbocycles. The summed E-state index contributed by atoms with van der Waals surface area (Å²) in [5, 5.41) is 17.9. The van der Waals surface area contributed by atoms with Crippen LogP contribution >= 0.6 is 0 Å². The van der Waals surface area contributed by atoms with Gasteiger partial charge in [-0.1, -0.05) is 24.3 Å². The minimum absolute atomic E-state index is 0.0285. The lowest BCUT2D eigenvalue weighted by Crippen LogP contribution is -2.30. The Balaban J connectivity index is 1.57. The minimum atomic E-state index is -0.523. The van der Waals surface area contributed by atoms with Crippen LogP contribution in [-0.4, -0.2) is 37.2 Å². The Morgan fingerprint density at radius 3 is 2.52 bits per heavy atom. The molecule has 3 aromatic rings. The molecule has 126 valence electrons. The first-order chi connectivity index (χ1) is 12.2. The molecule has 6 nitrogen and oxygen atoms in total. The molecule has 0 saturated heterocycles. The second kappa shape index (κ2) is 6.49. The molecule has 0 radical (unpaired) electrons. The van der Waals surface area contributed by atoms with Crippen molar-refractivity contribution in [3.05, 3.63) is 77.9 Å². The van der Waals surface area contributed by atoms with E-state index in [-0.39, 0.29) is 5.91 Å². The predicted molar refractivity (Wildman–Crippen MR) is 92.1 cm³/mol. The Morgan fingerprint density at radius 1 is 1.04 bits per heavy atom. The van der Waals surface area contributed by atoms with E-state index in [0.29, 0.717) is 25.1 Å². The Kier molecular flexibility index (Phi) is 4.03. The minimum Gasteiger partial charge on any atom is -0.388 e. The molecule has 4 rings (SSSR count). The summed E-state index contributed by atoms with van der Waals surface area (Å²) in [5.74, 6) is -0.0285. The molecule has 1 unspecified atom stereocenters. The fraction of sp³-hybridized carbons (Fsp3) is 0.211. The standard InChI is InChI=1S/C19H18N4O2/c24-18-9-10-22(11-15-3-1-2-4-17(15)18)19(25)14-5-7-16(8-6-14)23-12-20-21-13-23/h1-8,12-13,18,24H,9-11H2. The molecule has 1 aromatic heterocycles. The summed E-state index contributed by atoms with van der Waals surface area (Å²) >= 11 is 0. The van der Waals surface area contributed by atoms with Gasteiger partial charge in [0.2, 0.25) is 0 Å². The third kappa shape index (κ3) is 3.04. The van der Waals surface area contributed by atoms with Gasteiger partial charge in [0.05, 0.1) is 6.10 Å². The van der Waals surface area contributed by atoms with Gasteiger partial charge in [-0.15, -0.1) is 10.2 Å². The third-order valence-electron chi connectivity index (χ3n) is 4.57. The smallest absolute Gasteiger partial charge is 0.254 e. The Labute approximate surface area is 145 Å². The maximum Gasteiger partial charge on any atom is 0.254 e. The highest BCUT2D eigenvalue weighted by molar-refractivity contribution is 5.94. The van der Waals surface area contributed by atoms with E-state index in [9.17, 15) is 9.90 Å². The second-order valence-electron chi connectivity index (χ2n) is 6.15. The van der Waals surface area contributed by atoms with Crippen LogP contribution in [0, 0.1) is 0 Å². The zero-order chi connectivity index (χ0) is 17.2. The summed E-state index contributed by atoms with van der Waals surface area (Å²) in [5.41, 5.74) is 3.45. The number of hydrogen-bond donors (Lipinski definition) is 1. The van der Waals surface area contributed by atoms with Crippen molar-refractivity contribution in [1.82, 2.24) is 19.7 Å². The topological polar surface area (TPSA) is 71.2 Å². The zero-order valence-electron chi connectivity index (χ0n) is 13.6. The second-order valence-corrected chi connectivity index (χ2v) is 6.15. The van der Waals surface area contributed by atoms with Crippen LogP contribution in [-0.2, 0) is 6.54 Å². The fourth-order valence-electron chi connectivity index (χ4n) is 3.19. The molecule has 1 atom stereocenters. The predicted octanol–water partition coefficient (Wildman–Crippen LogP) is 2.35. The first kappa shape index (κ1) is 15.5. The van der Waals surface area contributed by atoms with Crippen molar-refractivity contribution < 1.29 is 9.90 Å². The highest BCUT2D eigenvalue weighted by Crippen LogP contribution is 2.27. The monoisotopic (exact) mass is 334 g/mol. The van der Waals surface area contributed by atoms with Crippen molar-refractivity contribution in [3.63, 3.8) is 0 Å². The molecule has 2 aromatic carbocycles. The van der Waals surface area contributed by atoms with Crippen LogP contribution in [0.4, 0.5) is 0 Å². The third-order valence-corrected chi connectivity index (χ3v) is 4.57. The van der Waals surface area contributed by atoms with E-state index in [1.165, 1.54) is 0 Å². The van der Waals surface area contributed by atoms with Crippen LogP contribution in [0.25, 0.3) is 5.69 Å². The van der Waals surface area contributed by atoms with E-state index in [1.54, 1.807) is 22.1 Å². The number of benzene rings is 2. The van der Waals surface area contributed by atoms with Crippen molar-refractivity contribution in [1.29, 1.82) is 0 Å². The first-order valence-electron chi connectivity index (χ1n) is 8.22. The van der Waals surface area contributed by atoms with E-state index in [2.05, 4.69) is 10.2 Å². The van der Waals surface area contributed by atoms with Crippen LogP contribution in [0.1, 0.15) is 34.0 Å². The summed E-state index contributed by atoms with van der Waals surface area (Å²) in [4.78, 5) is 14.7. The zero-order valence-corrected chi connectivity index (χ0v) is 13.6. The summed E-state index contributed by atoms with van der Waals surface area (Å²) in [7, 11) is 0. The summed E-state index contributed by atoms with van der Waals surface area (Å²) in [6.07, 6.45) is 3.25. The normalized spacial score (nSPS) is 17.0. The number of fused-ring (bicyclic) bond motifs is 1. The van der Waals surface area contributed by atoms with Crippen LogP contribution in [0.5, 0.6) is 0 Å². The fourth-order valence-corrected chi connectivity index (χ4v) is 3.19. The molecule has 1 N–H and O–H groups in total. The number of hydrogen-bond acceptors (Lipinski definition) is 4. The van der Waals surface area contributed by atoms with Crippen molar-refractivity contribution in [3.8, 4) is 5.69 Å². The molecule has 0 spiro atoms. The van der Waals surface area contributed by atoms with Crippen LogP contribution in [0.2, 0.25) is 0 Å². The lowest BCUT2D eigenvalue weighted by Gasteiger charge is -2.21. The summed E-state index contributed by atoms with van der Waals surface area (Å²) in [6.45, 7) is 1.04. The van der Waals surface area contributed by atoms with Gasteiger partial charge < -0.3 is 10.0 Å². The van der Waals surface area contributed by atoms with Gasteiger partial charge in [0, 0.05) is 24.3 Å². The van der Waals surface area contributed by atoms with Gasteiger partial charge in [0.25, 0.3) is 5.91 Å². The van der Waals surface area contributed by atoms with Crippen molar-refractivity contribution >= 4 is 5.91 Å². The van der Waals surface area contributed by atoms with Crippen molar-refractivity contribution in [2.45, 2.75) is 19.1 Å². The Morgan fingerprint density at radius 2 is 1.76 bits per heavy atom. The SMILES string of the molecule is O=C(c1ccc(-n2cnnc2)cc1)N1CCC(O)c2ccccc2C1. The number of aliphatic hydroxyl groups excluding tert-OH is 1. The van der Waals surface area contributed by atoms with Gasteiger partial charge in [0.15, 0.2) is 0 Å². The summed E-state index contributed by atoms with van der Waals surface area (Å²) < 4.78 is 1.78. The van der Waals surface area contributed by atoms with Crippen LogP contribution < -0.4 is 0 Å². The van der Waals surface area contributed by atoms with E-state index in [4.69, 9.17) is 0 Å². The largest absolute Gasteiger partial charge is 0.388 e. The quantitative estimate of drug-likeness (QED) is 0.781. The molecular weight excluding hydrogens is 316 g/mol. The Bertz CT molecular complexity index is 875. The van der Waals surface area contributed by atoms with E-state index < -0.39 is 6.10 Å². The lowest BCUT2D eigenvalue weighted by molar-refractivity contribution is 0.0723. The van der Waals surface area contributed by atoms with Gasteiger partial charge >= 0.3 is 0 Å². The molecule has 1 aliphatic rings. The molecule has 25 heavy (non-hydrogen) atoms. The van der Waals surface area contributed by atoms with E-state index in [1.807, 2.05) is 48.5 Å². The number of amides is 1. The van der Waals surface area contributed by atoms with Gasteiger partial charge in [-0.2, -0.15) is 0 Å². The molecule has 6 heteroatoms. The highest BCUT2D eigenvalue weighted by atomic mass is 16.3. The highest BCUT2D eigenvalue weighted by Gasteiger charge is 2.24. The maximum atomic E-state index is 12.9. The number of nitrogens with zero attached hydrogens (tertiary/aromatic N) is 4. The number of aliphatic hydroxyl groups is 1. The average Bonchev–Trinajstić information content (AvgIpc) is 3.14.